The minimum absolute atomic E-state index is 0.0791. The van der Waals surface area contributed by atoms with Crippen molar-refractivity contribution in [2.24, 2.45) is 0 Å². The third-order valence-corrected chi connectivity index (χ3v) is 3.59. The van der Waals surface area contributed by atoms with E-state index in [2.05, 4.69) is 10.6 Å². The minimum Gasteiger partial charge on any atom is -0.473 e. The summed E-state index contributed by atoms with van der Waals surface area (Å²) in [6.45, 7) is 0.0791. The van der Waals surface area contributed by atoms with Crippen LogP contribution < -0.4 is 15.4 Å². The third-order valence-electron chi connectivity index (χ3n) is 2.61. The first-order chi connectivity index (χ1) is 10.2. The van der Waals surface area contributed by atoms with Crippen molar-refractivity contribution in [3.8, 4) is 5.75 Å². The van der Waals surface area contributed by atoms with Crippen LogP contribution in [0.5, 0.6) is 5.75 Å². The summed E-state index contributed by atoms with van der Waals surface area (Å²) in [5.41, 5.74) is 0.742. The van der Waals surface area contributed by atoms with Crippen molar-refractivity contribution in [1.82, 2.24) is 5.32 Å². The van der Waals surface area contributed by atoms with E-state index in [0.29, 0.717) is 10.8 Å². The van der Waals surface area contributed by atoms with E-state index in [1.54, 1.807) is 36.0 Å². The van der Waals surface area contributed by atoms with Crippen LogP contribution in [0.2, 0.25) is 5.02 Å². The molecule has 2 N–H and O–H groups in total. The Morgan fingerprint density at radius 2 is 2.00 bits per heavy atom. The Morgan fingerprint density at radius 3 is 2.71 bits per heavy atom. The lowest BCUT2D eigenvalue weighted by Crippen LogP contribution is -2.31. The van der Waals surface area contributed by atoms with Crippen LogP contribution in [0.25, 0.3) is 0 Å². The molecule has 0 atom stereocenters. The molecule has 0 aromatic heterocycles. The molecule has 2 rings (SSSR count). The quantitative estimate of drug-likeness (QED) is 0.640. The van der Waals surface area contributed by atoms with Gasteiger partial charge in [0.1, 0.15) is 5.75 Å². The van der Waals surface area contributed by atoms with Crippen molar-refractivity contribution in [1.29, 1.82) is 0 Å². The molecule has 2 aromatic rings. The molecule has 0 aliphatic heterocycles. The number of halogens is 1. The molecule has 21 heavy (non-hydrogen) atoms. The molecule has 110 valence electrons. The van der Waals surface area contributed by atoms with Crippen LogP contribution in [0.15, 0.2) is 53.4 Å². The van der Waals surface area contributed by atoms with Crippen molar-refractivity contribution >= 4 is 35.1 Å². The van der Waals surface area contributed by atoms with Crippen LogP contribution in [-0.4, -0.2) is 19.0 Å². The average molecular weight is 323 g/mol. The highest BCUT2D eigenvalue weighted by Gasteiger charge is 2.02. The number of hydrogen-bond acceptors (Lipinski definition) is 3. The number of benzene rings is 2. The van der Waals surface area contributed by atoms with Crippen molar-refractivity contribution < 1.29 is 9.53 Å². The fourth-order valence-corrected chi connectivity index (χ4v) is 2.18. The van der Waals surface area contributed by atoms with Crippen LogP contribution in [0.1, 0.15) is 0 Å². The molecule has 4 nitrogen and oxygen atoms in total. The van der Waals surface area contributed by atoms with Gasteiger partial charge in [-0.25, -0.2) is 4.79 Å². The number of anilines is 1. The van der Waals surface area contributed by atoms with E-state index in [1.807, 2.05) is 30.5 Å². The predicted octanol–water partition coefficient (Wildman–Crippen LogP) is 4.22. The van der Waals surface area contributed by atoms with Gasteiger partial charge in [0.2, 0.25) is 0 Å². The van der Waals surface area contributed by atoms with Crippen molar-refractivity contribution in [3.63, 3.8) is 0 Å². The molecule has 0 saturated carbocycles. The molecule has 0 aliphatic carbocycles. The van der Waals surface area contributed by atoms with Crippen molar-refractivity contribution in [2.45, 2.75) is 4.90 Å². The number of rotatable bonds is 5. The standard InChI is InChI=1S/C15H15ClN2O2S/c1-21-14-4-2-3-12(9-14)18-15(19)17-10-20-13-7-5-11(16)6-8-13/h2-9H,10H2,1H3,(H2,17,18,19). The number of urea groups is 1. The summed E-state index contributed by atoms with van der Waals surface area (Å²) < 4.78 is 5.38. The highest BCUT2D eigenvalue weighted by atomic mass is 35.5. The van der Waals surface area contributed by atoms with Crippen molar-refractivity contribution in [2.75, 3.05) is 18.3 Å². The summed E-state index contributed by atoms with van der Waals surface area (Å²) >= 11 is 7.39. The van der Waals surface area contributed by atoms with Crippen LogP contribution in [0.4, 0.5) is 10.5 Å². The second-order valence-electron chi connectivity index (χ2n) is 4.11. The number of hydrogen-bond donors (Lipinski definition) is 2. The number of ether oxygens (including phenoxy) is 1. The third kappa shape index (κ3) is 5.21. The fourth-order valence-electron chi connectivity index (χ4n) is 1.59. The van der Waals surface area contributed by atoms with E-state index in [-0.39, 0.29) is 12.8 Å². The lowest BCUT2D eigenvalue weighted by Gasteiger charge is -2.10. The molecule has 0 aliphatic rings. The van der Waals surface area contributed by atoms with Gasteiger partial charge in [0.15, 0.2) is 6.73 Å². The number of amides is 2. The Balaban J connectivity index is 1.78. The van der Waals surface area contributed by atoms with E-state index in [4.69, 9.17) is 16.3 Å². The Bertz CT molecular complexity index is 605. The normalized spacial score (nSPS) is 10.0. The van der Waals surface area contributed by atoms with Gasteiger partial charge >= 0.3 is 6.03 Å². The highest BCUT2D eigenvalue weighted by molar-refractivity contribution is 7.98. The Morgan fingerprint density at radius 1 is 1.24 bits per heavy atom. The molecular formula is C15H15ClN2O2S. The van der Waals surface area contributed by atoms with Gasteiger partial charge in [-0.15, -0.1) is 11.8 Å². The van der Waals surface area contributed by atoms with Gasteiger partial charge < -0.3 is 15.4 Å². The van der Waals surface area contributed by atoms with Gasteiger partial charge in [-0.05, 0) is 48.7 Å². The zero-order valence-electron chi connectivity index (χ0n) is 11.4. The van der Waals surface area contributed by atoms with Gasteiger partial charge in [0.25, 0.3) is 0 Å². The lowest BCUT2D eigenvalue weighted by molar-refractivity contribution is 0.234. The number of carbonyl (C=O) groups excluding carboxylic acids is 1. The Hall–Kier alpha value is -1.85. The van der Waals surface area contributed by atoms with Gasteiger partial charge in [0, 0.05) is 15.6 Å². The van der Waals surface area contributed by atoms with Crippen LogP contribution in [0.3, 0.4) is 0 Å². The maximum Gasteiger partial charge on any atom is 0.321 e. The maximum atomic E-state index is 11.7. The van der Waals surface area contributed by atoms with E-state index >= 15 is 0 Å². The van der Waals surface area contributed by atoms with Gasteiger partial charge in [-0.1, -0.05) is 17.7 Å². The summed E-state index contributed by atoms with van der Waals surface area (Å²) in [6.07, 6.45) is 1.99. The first-order valence-corrected chi connectivity index (χ1v) is 7.85. The van der Waals surface area contributed by atoms with E-state index < -0.39 is 0 Å². The smallest absolute Gasteiger partial charge is 0.321 e. The van der Waals surface area contributed by atoms with Gasteiger partial charge in [-0.2, -0.15) is 0 Å². The zero-order valence-corrected chi connectivity index (χ0v) is 13.0. The maximum absolute atomic E-state index is 11.7. The second kappa shape index (κ2) is 7.81. The fraction of sp³-hybridized carbons (Fsp3) is 0.133. The minimum atomic E-state index is -0.317. The molecule has 2 aromatic carbocycles. The molecule has 0 spiro atoms. The van der Waals surface area contributed by atoms with Crippen LogP contribution >= 0.6 is 23.4 Å². The Kier molecular flexibility index (Phi) is 5.78. The first kappa shape index (κ1) is 15.5. The summed E-state index contributed by atoms with van der Waals surface area (Å²) in [4.78, 5) is 12.8. The zero-order chi connectivity index (χ0) is 15.1. The van der Waals surface area contributed by atoms with E-state index in [0.717, 1.165) is 10.6 Å². The number of thioether (sulfide) groups is 1. The first-order valence-electron chi connectivity index (χ1n) is 6.24. The molecule has 0 saturated heterocycles. The predicted molar refractivity (Wildman–Crippen MR) is 87.3 cm³/mol. The lowest BCUT2D eigenvalue weighted by atomic mass is 10.3. The summed E-state index contributed by atoms with van der Waals surface area (Å²) in [5.74, 6) is 0.643. The summed E-state index contributed by atoms with van der Waals surface area (Å²) in [7, 11) is 0. The van der Waals surface area contributed by atoms with Crippen molar-refractivity contribution in [3.05, 3.63) is 53.6 Å². The van der Waals surface area contributed by atoms with E-state index in [9.17, 15) is 4.79 Å². The topological polar surface area (TPSA) is 50.4 Å². The molecule has 0 heterocycles. The average Bonchev–Trinajstić information content (AvgIpc) is 2.49. The summed E-state index contributed by atoms with van der Waals surface area (Å²) in [6, 6.07) is 14.2. The SMILES string of the molecule is CSc1cccc(NC(=O)NCOc2ccc(Cl)cc2)c1. The van der Waals surface area contributed by atoms with Gasteiger partial charge in [-0.3, -0.25) is 0 Å². The number of carbonyl (C=O) groups is 1. The largest absolute Gasteiger partial charge is 0.473 e. The summed E-state index contributed by atoms with van der Waals surface area (Å²) in [5, 5.41) is 6.01. The van der Waals surface area contributed by atoms with Crippen LogP contribution in [0, 0.1) is 0 Å². The molecule has 6 heteroatoms. The molecule has 0 radical (unpaired) electrons. The molecular weight excluding hydrogens is 308 g/mol. The molecule has 0 bridgehead atoms. The molecule has 0 unspecified atom stereocenters. The second-order valence-corrected chi connectivity index (χ2v) is 5.42. The number of nitrogens with one attached hydrogen (secondary N) is 2. The monoisotopic (exact) mass is 322 g/mol. The van der Waals surface area contributed by atoms with Gasteiger partial charge in [0.05, 0.1) is 0 Å². The van der Waals surface area contributed by atoms with E-state index in [1.165, 1.54) is 0 Å². The molecule has 0 fully saturated rings. The Labute approximate surface area is 132 Å². The molecule has 2 amide bonds. The highest BCUT2D eigenvalue weighted by Crippen LogP contribution is 2.18. The van der Waals surface area contributed by atoms with Crippen LogP contribution in [-0.2, 0) is 0 Å².